The predicted octanol–water partition coefficient (Wildman–Crippen LogP) is 5.13. The molecule has 1 saturated carbocycles. The number of alkyl halides is 2. The maximum Gasteiger partial charge on any atom is 0.410 e. The molecule has 0 unspecified atom stereocenters. The quantitative estimate of drug-likeness (QED) is 0.655. The second-order valence-electron chi connectivity index (χ2n) is 8.07. The van der Waals surface area contributed by atoms with E-state index in [1.54, 1.807) is 25.7 Å². The van der Waals surface area contributed by atoms with Crippen molar-refractivity contribution in [3.63, 3.8) is 0 Å². The summed E-state index contributed by atoms with van der Waals surface area (Å²) in [6.07, 6.45) is 0.328. The van der Waals surface area contributed by atoms with E-state index in [2.05, 4.69) is 4.98 Å². The molecule has 3 rings (SSSR count). The molecule has 4 nitrogen and oxygen atoms in total. The molecule has 0 radical (unpaired) electrons. The second-order valence-corrected chi connectivity index (χ2v) is 8.84. The molecule has 1 aliphatic heterocycles. The Morgan fingerprint density at radius 1 is 1.24 bits per heavy atom. The summed E-state index contributed by atoms with van der Waals surface area (Å²) >= 11 is 11.5. The van der Waals surface area contributed by atoms with E-state index in [4.69, 9.17) is 27.9 Å². The highest BCUT2D eigenvalue weighted by Gasteiger charge is 2.61. The average molecular weight is 393 g/mol. The molecular weight excluding hydrogens is 373 g/mol. The highest BCUT2D eigenvalue weighted by Crippen LogP contribution is 2.59. The van der Waals surface area contributed by atoms with Crippen LogP contribution >= 0.6 is 23.2 Å². The van der Waals surface area contributed by atoms with Crippen molar-refractivity contribution in [2.45, 2.75) is 45.1 Å². The minimum atomic E-state index is -3.02. The molecule has 1 spiro atoms. The molecule has 2 fully saturated rings. The molecule has 1 saturated heterocycles. The van der Waals surface area contributed by atoms with Crippen LogP contribution in [-0.4, -0.2) is 34.7 Å². The van der Waals surface area contributed by atoms with Crippen molar-refractivity contribution < 1.29 is 18.3 Å². The van der Waals surface area contributed by atoms with Gasteiger partial charge in [0.1, 0.15) is 15.9 Å². The number of halogens is 4. The van der Waals surface area contributed by atoms with Crippen LogP contribution in [0.3, 0.4) is 0 Å². The first-order valence-corrected chi connectivity index (χ1v) is 8.85. The topological polar surface area (TPSA) is 42.4 Å². The van der Waals surface area contributed by atoms with Crippen LogP contribution in [0.2, 0.25) is 10.3 Å². The van der Waals surface area contributed by atoms with Gasteiger partial charge in [-0.1, -0.05) is 23.2 Å². The van der Waals surface area contributed by atoms with Crippen LogP contribution in [-0.2, 0) is 10.7 Å². The molecule has 0 atom stereocenters. The van der Waals surface area contributed by atoms with Crippen LogP contribution in [0.4, 0.5) is 13.6 Å². The number of carbonyl (C=O) groups excluding carboxylic acids is 1. The Hall–Kier alpha value is -1.14. The Balaban J connectivity index is 1.59. The fraction of sp³-hybridized carbons (Fsp3) is 0.647. The first-order chi connectivity index (χ1) is 11.4. The smallest absolute Gasteiger partial charge is 0.410 e. The fourth-order valence-corrected chi connectivity index (χ4v) is 4.07. The molecule has 2 heterocycles. The number of aromatic nitrogens is 1. The van der Waals surface area contributed by atoms with E-state index in [0.717, 1.165) is 12.1 Å². The summed E-state index contributed by atoms with van der Waals surface area (Å²) in [5.74, 6) is -3.81. The van der Waals surface area contributed by atoms with Crippen molar-refractivity contribution in [1.29, 1.82) is 0 Å². The number of ether oxygens (including phenoxy) is 1. The van der Waals surface area contributed by atoms with Gasteiger partial charge >= 0.3 is 6.09 Å². The van der Waals surface area contributed by atoms with Gasteiger partial charge in [0.05, 0.1) is 0 Å². The molecule has 0 aromatic carbocycles. The number of carbonyl (C=O) groups is 1. The van der Waals surface area contributed by atoms with Crippen molar-refractivity contribution in [1.82, 2.24) is 9.88 Å². The van der Waals surface area contributed by atoms with Gasteiger partial charge in [0.15, 0.2) is 0 Å². The monoisotopic (exact) mass is 392 g/mol. The van der Waals surface area contributed by atoms with Gasteiger partial charge in [0.25, 0.3) is 5.92 Å². The lowest BCUT2D eigenvalue weighted by Gasteiger charge is -2.59. The van der Waals surface area contributed by atoms with Gasteiger partial charge in [-0.05, 0) is 45.7 Å². The lowest BCUT2D eigenvalue weighted by molar-refractivity contribution is -0.181. The van der Waals surface area contributed by atoms with E-state index in [0.29, 0.717) is 25.9 Å². The third kappa shape index (κ3) is 3.70. The summed E-state index contributed by atoms with van der Waals surface area (Å²) in [4.78, 5) is 17.2. The van der Waals surface area contributed by atoms with E-state index in [1.807, 2.05) is 0 Å². The number of nitrogens with zero attached hydrogens (tertiary/aromatic N) is 2. The zero-order chi connectivity index (χ0) is 18.6. The van der Waals surface area contributed by atoms with E-state index in [1.165, 1.54) is 0 Å². The molecule has 138 valence electrons. The van der Waals surface area contributed by atoms with Gasteiger partial charge in [-0.2, -0.15) is 0 Å². The predicted molar refractivity (Wildman–Crippen MR) is 91.1 cm³/mol. The van der Waals surface area contributed by atoms with Crippen LogP contribution < -0.4 is 0 Å². The van der Waals surface area contributed by atoms with Gasteiger partial charge in [-0.3, -0.25) is 0 Å². The Bertz CT molecular complexity index is 672. The summed E-state index contributed by atoms with van der Waals surface area (Å²) in [5, 5.41) is -0.0908. The maximum absolute atomic E-state index is 14.7. The molecule has 0 N–H and O–H groups in total. The summed E-state index contributed by atoms with van der Waals surface area (Å²) in [7, 11) is 0. The fourth-order valence-electron chi connectivity index (χ4n) is 3.61. The number of pyridine rings is 1. The number of hydrogen-bond acceptors (Lipinski definition) is 3. The normalized spacial score (nSPS) is 20.2. The minimum Gasteiger partial charge on any atom is -0.444 e. The zero-order valence-electron chi connectivity index (χ0n) is 14.3. The number of rotatable bonds is 2. The Morgan fingerprint density at radius 2 is 1.76 bits per heavy atom. The highest BCUT2D eigenvalue weighted by molar-refractivity contribution is 6.32. The zero-order valence-corrected chi connectivity index (χ0v) is 15.8. The Kier molecular flexibility index (Phi) is 4.44. The van der Waals surface area contributed by atoms with Crippen molar-refractivity contribution in [3.05, 3.63) is 28.0 Å². The van der Waals surface area contributed by atoms with Crippen molar-refractivity contribution >= 4 is 29.3 Å². The molecule has 8 heteroatoms. The van der Waals surface area contributed by atoms with Gasteiger partial charge in [-0.15, -0.1) is 0 Å². The largest absolute Gasteiger partial charge is 0.444 e. The summed E-state index contributed by atoms with van der Waals surface area (Å²) < 4.78 is 34.7. The SMILES string of the molecule is CC(C)(C)OC(=O)N1CC2(CC(C(F)(F)c3cc(Cl)nc(Cl)c3)C2)C1. The highest BCUT2D eigenvalue weighted by atomic mass is 35.5. The Labute approximate surface area is 155 Å². The molecule has 1 aromatic heterocycles. The average Bonchev–Trinajstić information content (AvgIpc) is 2.31. The lowest BCUT2D eigenvalue weighted by Crippen LogP contribution is -2.65. The third-order valence-electron chi connectivity index (χ3n) is 4.72. The number of likely N-dealkylation sites (tertiary alicyclic amines) is 1. The van der Waals surface area contributed by atoms with Crippen LogP contribution in [0.25, 0.3) is 0 Å². The first-order valence-electron chi connectivity index (χ1n) is 8.10. The second kappa shape index (κ2) is 5.95. The molecule has 25 heavy (non-hydrogen) atoms. The molecular formula is C17H20Cl2F2N2O2. The van der Waals surface area contributed by atoms with E-state index in [-0.39, 0.29) is 27.4 Å². The van der Waals surface area contributed by atoms with E-state index >= 15 is 0 Å². The minimum absolute atomic E-state index is 0.0454. The molecule has 1 aliphatic carbocycles. The van der Waals surface area contributed by atoms with E-state index < -0.39 is 17.4 Å². The molecule has 1 aromatic rings. The van der Waals surface area contributed by atoms with Crippen LogP contribution in [0, 0.1) is 11.3 Å². The van der Waals surface area contributed by atoms with Crippen LogP contribution in [0.15, 0.2) is 12.1 Å². The van der Waals surface area contributed by atoms with Gasteiger partial charge < -0.3 is 9.64 Å². The van der Waals surface area contributed by atoms with Crippen LogP contribution in [0.1, 0.15) is 39.2 Å². The summed E-state index contributed by atoms with van der Waals surface area (Å²) in [5.41, 5.74) is -0.985. The standard InChI is InChI=1S/C17H20Cl2F2N2O2/c1-15(2,3)25-14(24)23-8-16(9-23)6-11(7-16)17(20,21)10-4-12(18)22-13(19)5-10/h4-5,11H,6-9H2,1-3H3. The van der Waals surface area contributed by atoms with Crippen molar-refractivity contribution in [2.75, 3.05) is 13.1 Å². The van der Waals surface area contributed by atoms with Gasteiger partial charge in [0, 0.05) is 30.0 Å². The van der Waals surface area contributed by atoms with Crippen molar-refractivity contribution in [2.24, 2.45) is 11.3 Å². The van der Waals surface area contributed by atoms with Gasteiger partial charge in [-0.25, -0.2) is 18.6 Å². The maximum atomic E-state index is 14.7. The summed E-state index contributed by atoms with van der Waals surface area (Å²) in [6, 6.07) is 2.32. The van der Waals surface area contributed by atoms with Crippen molar-refractivity contribution in [3.8, 4) is 0 Å². The number of amides is 1. The van der Waals surface area contributed by atoms with Crippen LogP contribution in [0.5, 0.6) is 0 Å². The lowest BCUT2D eigenvalue weighted by atomic mass is 9.55. The summed E-state index contributed by atoms with van der Waals surface area (Å²) in [6.45, 7) is 6.32. The van der Waals surface area contributed by atoms with E-state index in [9.17, 15) is 13.6 Å². The van der Waals surface area contributed by atoms with Gasteiger partial charge in [0.2, 0.25) is 0 Å². The molecule has 1 amide bonds. The number of hydrogen-bond donors (Lipinski definition) is 0. The third-order valence-corrected chi connectivity index (χ3v) is 5.11. The Morgan fingerprint density at radius 3 is 2.24 bits per heavy atom. The molecule has 0 bridgehead atoms. The molecule has 2 aliphatic rings. The first kappa shape index (κ1) is 18.6.